The van der Waals surface area contributed by atoms with Crippen molar-refractivity contribution in [2.45, 2.75) is 25.8 Å². The van der Waals surface area contributed by atoms with Gasteiger partial charge >= 0.3 is 17.9 Å². The van der Waals surface area contributed by atoms with Gasteiger partial charge in [0.1, 0.15) is 0 Å². The van der Waals surface area contributed by atoms with E-state index in [-0.39, 0.29) is 16.4 Å². The van der Waals surface area contributed by atoms with E-state index >= 15 is 0 Å². The molecule has 1 aromatic rings. The van der Waals surface area contributed by atoms with Crippen LogP contribution in [0.5, 0.6) is 0 Å². The molecule has 0 saturated carbocycles. The summed E-state index contributed by atoms with van der Waals surface area (Å²) in [6, 6.07) is 5.15. The summed E-state index contributed by atoms with van der Waals surface area (Å²) < 4.78 is 40.4. The number of benzene rings is 1. The number of ether oxygens (including phenoxy) is 7. The van der Waals surface area contributed by atoms with E-state index in [1.807, 2.05) is 13.8 Å². The van der Waals surface area contributed by atoms with Gasteiger partial charge in [0.15, 0.2) is 0 Å². The van der Waals surface area contributed by atoms with E-state index in [1.54, 1.807) is 18.2 Å². The molecule has 1 aromatic carbocycles. The number of esters is 1. The fraction of sp³-hybridized carbons (Fsp3) is 0.650. The maximum Gasteiger partial charge on any atom is 0.338 e. The van der Waals surface area contributed by atoms with Crippen molar-refractivity contribution in [2.24, 2.45) is 10.8 Å². The van der Waals surface area contributed by atoms with Crippen LogP contribution in [0.25, 0.3) is 0 Å². The molecule has 6 aliphatic rings. The summed E-state index contributed by atoms with van der Waals surface area (Å²) in [4.78, 5) is 12.6. The Bertz CT molecular complexity index is 769. The van der Waals surface area contributed by atoms with Crippen molar-refractivity contribution >= 4 is 5.97 Å². The average molecular weight is 392 g/mol. The van der Waals surface area contributed by atoms with Crippen molar-refractivity contribution < 1.29 is 38.0 Å². The summed E-state index contributed by atoms with van der Waals surface area (Å²) in [5.41, 5.74) is 0.954. The minimum absolute atomic E-state index is 0.155. The Kier molecular flexibility index (Phi) is 3.94. The highest BCUT2D eigenvalue weighted by Crippen LogP contribution is 2.47. The second kappa shape index (κ2) is 5.98. The quantitative estimate of drug-likeness (QED) is 0.721. The zero-order valence-corrected chi connectivity index (χ0v) is 16.2. The van der Waals surface area contributed by atoms with Gasteiger partial charge in [0.25, 0.3) is 0 Å². The molecule has 6 saturated heterocycles. The van der Waals surface area contributed by atoms with Crippen molar-refractivity contribution in [1.29, 1.82) is 0 Å². The molecule has 0 atom stereocenters. The third kappa shape index (κ3) is 2.63. The first kappa shape index (κ1) is 18.5. The smallest absolute Gasteiger partial charge is 0.338 e. The van der Waals surface area contributed by atoms with Crippen molar-refractivity contribution in [1.82, 2.24) is 0 Å². The molecule has 0 aromatic heterocycles. The second-order valence-electron chi connectivity index (χ2n) is 8.72. The number of hydrogen-bond acceptors (Lipinski definition) is 8. The van der Waals surface area contributed by atoms with Gasteiger partial charge in [-0.15, -0.1) is 0 Å². The third-order valence-electron chi connectivity index (χ3n) is 5.77. The largest absolute Gasteiger partial charge is 0.465 e. The summed E-state index contributed by atoms with van der Waals surface area (Å²) in [5, 5.41) is 0. The fourth-order valence-electron chi connectivity index (χ4n) is 3.88. The molecule has 152 valence electrons. The van der Waals surface area contributed by atoms with Crippen LogP contribution in [0.4, 0.5) is 0 Å². The first-order valence-corrected chi connectivity index (χ1v) is 9.38. The lowest BCUT2D eigenvalue weighted by molar-refractivity contribution is -0.479. The monoisotopic (exact) mass is 392 g/mol. The van der Waals surface area contributed by atoms with Crippen LogP contribution in [0.15, 0.2) is 18.2 Å². The standard InChI is InChI=1S/C20H24O8/c1-17-7-23-19(24-8-17,25-9-17)13-4-5-15(14(6-13)16(21)22-3)20-26-10-18(2,11-27-20)12-28-20/h4-6H,7-12H2,1-3H3. The zero-order chi connectivity index (χ0) is 19.6. The van der Waals surface area contributed by atoms with Crippen LogP contribution < -0.4 is 0 Å². The molecule has 6 aliphatic heterocycles. The molecule has 0 radical (unpaired) electrons. The Balaban J connectivity index is 1.54. The average Bonchev–Trinajstić information content (AvgIpc) is 2.74. The van der Waals surface area contributed by atoms with E-state index in [2.05, 4.69) is 0 Å². The van der Waals surface area contributed by atoms with Crippen molar-refractivity contribution in [3.63, 3.8) is 0 Å². The van der Waals surface area contributed by atoms with Gasteiger partial charge in [0.05, 0.1) is 57.9 Å². The molecule has 28 heavy (non-hydrogen) atoms. The SMILES string of the molecule is COC(=O)c1cc(C23OCC(C)(CO2)CO3)ccc1C12OCC(C)(CO1)CO2. The minimum Gasteiger partial charge on any atom is -0.465 e. The Morgan fingerprint density at radius 1 is 0.821 bits per heavy atom. The number of carbonyl (C=O) groups excluding carboxylic acids is 1. The highest BCUT2D eigenvalue weighted by molar-refractivity contribution is 5.91. The van der Waals surface area contributed by atoms with Crippen LogP contribution in [0.1, 0.15) is 35.3 Å². The Morgan fingerprint density at radius 2 is 1.29 bits per heavy atom. The van der Waals surface area contributed by atoms with Crippen LogP contribution in [-0.4, -0.2) is 52.7 Å². The molecule has 7 rings (SSSR count). The molecule has 0 spiro atoms. The summed E-state index contributed by atoms with van der Waals surface area (Å²) >= 11 is 0. The first-order valence-electron chi connectivity index (χ1n) is 9.38. The van der Waals surface area contributed by atoms with E-state index < -0.39 is 17.9 Å². The van der Waals surface area contributed by atoms with Gasteiger partial charge in [-0.1, -0.05) is 19.9 Å². The van der Waals surface area contributed by atoms with Crippen LogP contribution in [-0.2, 0) is 45.1 Å². The maximum atomic E-state index is 12.6. The number of fused-ring (bicyclic) bond motifs is 6. The Morgan fingerprint density at radius 3 is 1.75 bits per heavy atom. The van der Waals surface area contributed by atoms with E-state index in [0.717, 1.165) is 0 Å². The van der Waals surface area contributed by atoms with Gasteiger partial charge in [0.2, 0.25) is 0 Å². The molecule has 0 aliphatic carbocycles. The predicted octanol–water partition coefficient (Wildman–Crippen LogP) is 1.86. The van der Waals surface area contributed by atoms with Gasteiger partial charge in [-0.05, 0) is 12.1 Å². The zero-order valence-electron chi connectivity index (χ0n) is 16.2. The lowest BCUT2D eigenvalue weighted by Gasteiger charge is -2.51. The number of carbonyl (C=O) groups is 1. The molecule has 4 bridgehead atoms. The molecule has 6 heterocycles. The van der Waals surface area contributed by atoms with Crippen LogP contribution >= 0.6 is 0 Å². The van der Waals surface area contributed by atoms with Gasteiger partial charge in [0, 0.05) is 16.4 Å². The number of hydrogen-bond donors (Lipinski definition) is 0. The topological polar surface area (TPSA) is 81.7 Å². The number of rotatable bonds is 3. The number of methoxy groups -OCH3 is 1. The first-order chi connectivity index (χ1) is 13.3. The maximum absolute atomic E-state index is 12.6. The van der Waals surface area contributed by atoms with Crippen LogP contribution in [0.2, 0.25) is 0 Å². The molecular weight excluding hydrogens is 368 g/mol. The Labute approximate surface area is 162 Å². The fourth-order valence-corrected chi connectivity index (χ4v) is 3.88. The summed E-state index contributed by atoms with van der Waals surface area (Å²) in [7, 11) is 1.33. The Hall–Kier alpha value is -1.55. The van der Waals surface area contributed by atoms with E-state index in [1.165, 1.54) is 7.11 Å². The normalized spacial score (nSPS) is 41.8. The van der Waals surface area contributed by atoms with E-state index in [0.29, 0.717) is 50.8 Å². The van der Waals surface area contributed by atoms with Gasteiger partial charge < -0.3 is 33.2 Å². The highest BCUT2D eigenvalue weighted by atomic mass is 16.9. The summed E-state index contributed by atoms with van der Waals surface area (Å²) in [6.45, 7) is 7.06. The lowest BCUT2D eigenvalue weighted by Crippen LogP contribution is -2.58. The molecule has 6 fully saturated rings. The second-order valence-corrected chi connectivity index (χ2v) is 8.72. The van der Waals surface area contributed by atoms with Gasteiger partial charge in [-0.25, -0.2) is 4.79 Å². The van der Waals surface area contributed by atoms with E-state index in [4.69, 9.17) is 33.2 Å². The summed E-state index contributed by atoms with van der Waals surface area (Å²) in [5.74, 6) is -3.27. The van der Waals surface area contributed by atoms with Gasteiger partial charge in [-0.2, -0.15) is 0 Å². The van der Waals surface area contributed by atoms with Crippen molar-refractivity contribution in [2.75, 3.05) is 46.8 Å². The minimum atomic E-state index is -1.42. The molecular formula is C20H24O8. The third-order valence-corrected chi connectivity index (χ3v) is 5.77. The van der Waals surface area contributed by atoms with Gasteiger partial charge in [-0.3, -0.25) is 0 Å². The van der Waals surface area contributed by atoms with Crippen LogP contribution in [0.3, 0.4) is 0 Å². The molecule has 8 nitrogen and oxygen atoms in total. The molecule has 0 N–H and O–H groups in total. The van der Waals surface area contributed by atoms with Crippen LogP contribution in [0, 0.1) is 10.8 Å². The molecule has 0 amide bonds. The molecule has 0 unspecified atom stereocenters. The van der Waals surface area contributed by atoms with Crippen molar-refractivity contribution in [3.8, 4) is 0 Å². The lowest BCUT2D eigenvalue weighted by atomic mass is 9.89. The molecule has 8 heteroatoms. The van der Waals surface area contributed by atoms with E-state index in [9.17, 15) is 4.79 Å². The summed E-state index contributed by atoms with van der Waals surface area (Å²) in [6.07, 6.45) is 0. The predicted molar refractivity (Wildman–Crippen MR) is 93.1 cm³/mol. The van der Waals surface area contributed by atoms with Crippen molar-refractivity contribution in [3.05, 3.63) is 34.9 Å². The highest BCUT2D eigenvalue weighted by Gasteiger charge is 2.55.